The summed E-state index contributed by atoms with van der Waals surface area (Å²) >= 11 is 5.21. The van der Waals surface area contributed by atoms with Crippen molar-refractivity contribution >= 4 is 32.8 Å². The Balaban J connectivity index is 3.38. The van der Waals surface area contributed by atoms with E-state index in [1.54, 1.807) is 0 Å². The second-order valence-corrected chi connectivity index (χ2v) is 5.28. The van der Waals surface area contributed by atoms with E-state index in [-0.39, 0.29) is 10.6 Å². The van der Waals surface area contributed by atoms with Gasteiger partial charge in [0.2, 0.25) is 0 Å². The molecule has 0 atom stereocenters. The fourth-order valence-electron chi connectivity index (χ4n) is 0.938. The standard InChI is InChI=1S/C7H7ClN2O4S/c8-4-15(13,14)5-1-2-6(9)7(3-5)10(11)12/h1-3H,4,9H2. The van der Waals surface area contributed by atoms with E-state index >= 15 is 0 Å². The molecule has 0 amide bonds. The van der Waals surface area contributed by atoms with Crippen molar-refractivity contribution in [2.75, 3.05) is 10.9 Å². The SMILES string of the molecule is Nc1ccc(S(=O)(=O)CCl)cc1[N+](=O)[O-]. The highest BCUT2D eigenvalue weighted by Gasteiger charge is 2.19. The molecule has 0 aliphatic rings. The highest BCUT2D eigenvalue weighted by Crippen LogP contribution is 2.25. The van der Waals surface area contributed by atoms with Gasteiger partial charge in [-0.25, -0.2) is 8.42 Å². The lowest BCUT2D eigenvalue weighted by molar-refractivity contribution is -0.384. The van der Waals surface area contributed by atoms with E-state index in [4.69, 9.17) is 17.3 Å². The van der Waals surface area contributed by atoms with Gasteiger partial charge in [0.15, 0.2) is 9.84 Å². The van der Waals surface area contributed by atoms with E-state index in [0.717, 1.165) is 12.1 Å². The Kier molecular flexibility index (Phi) is 3.15. The topological polar surface area (TPSA) is 103 Å². The van der Waals surface area contributed by atoms with Gasteiger partial charge in [0, 0.05) is 6.07 Å². The highest BCUT2D eigenvalue weighted by molar-refractivity contribution is 7.92. The van der Waals surface area contributed by atoms with Crippen LogP contribution in [0.1, 0.15) is 0 Å². The van der Waals surface area contributed by atoms with Crippen molar-refractivity contribution in [3.8, 4) is 0 Å². The van der Waals surface area contributed by atoms with Gasteiger partial charge >= 0.3 is 0 Å². The molecule has 1 rings (SSSR count). The third-order valence-electron chi connectivity index (χ3n) is 1.70. The first-order valence-corrected chi connectivity index (χ1v) is 5.90. The molecule has 1 aromatic carbocycles. The summed E-state index contributed by atoms with van der Waals surface area (Å²) in [7, 11) is -3.67. The Hall–Kier alpha value is -1.34. The fraction of sp³-hybridized carbons (Fsp3) is 0.143. The number of nitro benzene ring substituents is 1. The first-order chi connectivity index (χ1) is 6.88. The summed E-state index contributed by atoms with van der Waals surface area (Å²) in [5.74, 6) is 0. The fourth-order valence-corrected chi connectivity index (χ4v) is 2.01. The van der Waals surface area contributed by atoms with Gasteiger partial charge in [0.1, 0.15) is 10.9 Å². The number of benzene rings is 1. The molecule has 0 bridgehead atoms. The lowest BCUT2D eigenvalue weighted by atomic mass is 10.3. The zero-order valence-electron chi connectivity index (χ0n) is 7.38. The van der Waals surface area contributed by atoms with Gasteiger partial charge in [-0.2, -0.15) is 0 Å². The molecule has 0 heterocycles. The molecule has 0 unspecified atom stereocenters. The molecule has 1 aromatic rings. The van der Waals surface area contributed by atoms with Crippen LogP contribution < -0.4 is 5.73 Å². The van der Waals surface area contributed by atoms with Gasteiger partial charge in [-0.1, -0.05) is 0 Å². The van der Waals surface area contributed by atoms with Gasteiger partial charge in [-0.3, -0.25) is 10.1 Å². The third-order valence-corrected chi connectivity index (χ3v) is 3.82. The number of nitrogens with two attached hydrogens (primary N) is 1. The Morgan fingerprint density at radius 2 is 2.07 bits per heavy atom. The second kappa shape index (κ2) is 4.03. The van der Waals surface area contributed by atoms with Gasteiger partial charge in [-0.05, 0) is 12.1 Å². The summed E-state index contributed by atoms with van der Waals surface area (Å²) in [6.07, 6.45) is 0. The minimum absolute atomic E-state index is 0.0893. The number of nitro groups is 1. The molecule has 0 aliphatic carbocycles. The Labute approximate surface area is 90.7 Å². The van der Waals surface area contributed by atoms with Crippen molar-refractivity contribution in [1.82, 2.24) is 0 Å². The van der Waals surface area contributed by atoms with Crippen LogP contribution in [0.15, 0.2) is 23.1 Å². The molecule has 0 aromatic heterocycles. The van der Waals surface area contributed by atoms with Crippen LogP contribution in [0.5, 0.6) is 0 Å². The lowest BCUT2D eigenvalue weighted by Crippen LogP contribution is -2.04. The van der Waals surface area contributed by atoms with E-state index < -0.39 is 25.7 Å². The second-order valence-electron chi connectivity index (χ2n) is 2.70. The summed E-state index contributed by atoms with van der Waals surface area (Å²) in [6, 6.07) is 3.24. The number of nitrogen functional groups attached to an aromatic ring is 1. The average molecular weight is 251 g/mol. The Morgan fingerprint density at radius 1 is 1.47 bits per heavy atom. The quantitative estimate of drug-likeness (QED) is 0.375. The van der Waals surface area contributed by atoms with Crippen LogP contribution in [-0.4, -0.2) is 18.6 Å². The van der Waals surface area contributed by atoms with Gasteiger partial charge in [-0.15, -0.1) is 11.6 Å². The number of halogens is 1. The van der Waals surface area contributed by atoms with Crippen molar-refractivity contribution in [2.24, 2.45) is 0 Å². The zero-order valence-corrected chi connectivity index (χ0v) is 8.96. The number of nitrogens with zero attached hydrogens (tertiary/aromatic N) is 1. The largest absolute Gasteiger partial charge is 0.393 e. The predicted octanol–water partition coefficient (Wildman–Crippen LogP) is 1.15. The first-order valence-electron chi connectivity index (χ1n) is 3.71. The molecule has 2 N–H and O–H groups in total. The van der Waals surface area contributed by atoms with Crippen LogP contribution in [-0.2, 0) is 9.84 Å². The van der Waals surface area contributed by atoms with Crippen LogP contribution >= 0.6 is 11.6 Å². The molecule has 6 nitrogen and oxygen atoms in total. The van der Waals surface area contributed by atoms with Crippen molar-refractivity contribution in [3.63, 3.8) is 0 Å². The number of rotatable bonds is 3. The number of alkyl halides is 1. The molecule has 82 valence electrons. The average Bonchev–Trinajstić information content (AvgIpc) is 2.17. The van der Waals surface area contributed by atoms with E-state index in [0.29, 0.717) is 0 Å². The molecule has 8 heteroatoms. The normalized spacial score (nSPS) is 11.3. The maximum Gasteiger partial charge on any atom is 0.293 e. The minimum Gasteiger partial charge on any atom is -0.393 e. The van der Waals surface area contributed by atoms with Crippen LogP contribution in [0.4, 0.5) is 11.4 Å². The van der Waals surface area contributed by atoms with E-state index in [9.17, 15) is 18.5 Å². The number of hydrogen-bond acceptors (Lipinski definition) is 5. The summed E-state index contributed by atoms with van der Waals surface area (Å²) in [6.45, 7) is 0. The molecule has 0 aliphatic heterocycles. The van der Waals surface area contributed by atoms with Crippen LogP contribution in [0.25, 0.3) is 0 Å². The first kappa shape index (κ1) is 11.7. The molecule has 15 heavy (non-hydrogen) atoms. The van der Waals surface area contributed by atoms with Crippen LogP contribution in [0, 0.1) is 10.1 Å². The molecule has 0 saturated carbocycles. The van der Waals surface area contributed by atoms with Gasteiger partial charge in [0.25, 0.3) is 5.69 Å². The smallest absolute Gasteiger partial charge is 0.293 e. The Bertz CT molecular complexity index is 500. The maximum absolute atomic E-state index is 11.3. The zero-order chi connectivity index (χ0) is 11.6. The summed E-state index contributed by atoms with van der Waals surface area (Å²) in [4.78, 5) is 9.53. The van der Waals surface area contributed by atoms with Crippen LogP contribution in [0.2, 0.25) is 0 Å². The van der Waals surface area contributed by atoms with Crippen molar-refractivity contribution in [1.29, 1.82) is 0 Å². The van der Waals surface area contributed by atoms with Crippen molar-refractivity contribution in [2.45, 2.75) is 4.90 Å². The lowest BCUT2D eigenvalue weighted by Gasteiger charge is -2.01. The van der Waals surface area contributed by atoms with E-state index in [1.807, 2.05) is 0 Å². The number of anilines is 1. The number of hydrogen-bond donors (Lipinski definition) is 1. The molecule has 0 fully saturated rings. The summed E-state index contributed by atoms with van der Waals surface area (Å²) in [5, 5.41) is 9.86. The van der Waals surface area contributed by atoms with E-state index in [2.05, 4.69) is 0 Å². The van der Waals surface area contributed by atoms with Gasteiger partial charge in [0.05, 0.1) is 9.82 Å². The molecule has 0 radical (unpaired) electrons. The van der Waals surface area contributed by atoms with Gasteiger partial charge < -0.3 is 5.73 Å². The van der Waals surface area contributed by atoms with E-state index in [1.165, 1.54) is 6.07 Å². The predicted molar refractivity (Wildman–Crippen MR) is 55.4 cm³/mol. The minimum atomic E-state index is -3.67. The monoisotopic (exact) mass is 250 g/mol. The molecule has 0 saturated heterocycles. The maximum atomic E-state index is 11.3. The van der Waals surface area contributed by atoms with Crippen molar-refractivity contribution < 1.29 is 13.3 Å². The highest BCUT2D eigenvalue weighted by atomic mass is 35.5. The molecule has 0 spiro atoms. The third kappa shape index (κ3) is 2.37. The number of sulfone groups is 1. The van der Waals surface area contributed by atoms with Crippen molar-refractivity contribution in [3.05, 3.63) is 28.3 Å². The van der Waals surface area contributed by atoms with Crippen LogP contribution in [0.3, 0.4) is 0 Å². The summed E-state index contributed by atoms with van der Waals surface area (Å²) < 4.78 is 22.6. The summed E-state index contributed by atoms with van der Waals surface area (Å²) in [5.41, 5.74) is 4.77. The molecular formula is C7H7ClN2O4S. The molecular weight excluding hydrogens is 244 g/mol. The Morgan fingerprint density at radius 3 is 2.53 bits per heavy atom.